The minimum Gasteiger partial charge on any atom is -0.490 e. The number of fused-ring (bicyclic) bond motifs is 1. The number of rotatable bonds is 7. The Morgan fingerprint density at radius 1 is 1.04 bits per heavy atom. The van der Waals surface area contributed by atoms with Crippen LogP contribution in [0.25, 0.3) is 10.8 Å². The van der Waals surface area contributed by atoms with E-state index in [1.807, 2.05) is 60.8 Å². The van der Waals surface area contributed by atoms with E-state index in [1.54, 1.807) is 6.20 Å². The highest BCUT2D eigenvalue weighted by Crippen LogP contribution is 2.25. The molecule has 4 heteroatoms. The molecular formula is C19H20N2O2. The third kappa shape index (κ3) is 4.28. The summed E-state index contributed by atoms with van der Waals surface area (Å²) >= 11 is 0. The highest BCUT2D eigenvalue weighted by atomic mass is 16.5. The number of pyridine rings is 1. The molecule has 1 aromatic heterocycles. The summed E-state index contributed by atoms with van der Waals surface area (Å²) in [7, 11) is 0. The molecule has 0 radical (unpaired) electrons. The van der Waals surface area contributed by atoms with Crippen molar-refractivity contribution in [3.05, 3.63) is 72.6 Å². The van der Waals surface area contributed by atoms with Gasteiger partial charge in [0, 0.05) is 30.9 Å². The summed E-state index contributed by atoms with van der Waals surface area (Å²) < 4.78 is 5.78. The predicted octanol–water partition coefficient (Wildman–Crippen LogP) is 2.76. The van der Waals surface area contributed by atoms with Crippen LogP contribution < -0.4 is 10.1 Å². The normalized spacial score (nSPS) is 12.2. The number of hydrogen-bond acceptors (Lipinski definition) is 4. The number of hydrogen-bond donors (Lipinski definition) is 2. The predicted molar refractivity (Wildman–Crippen MR) is 91.4 cm³/mol. The van der Waals surface area contributed by atoms with Crippen LogP contribution in [0.3, 0.4) is 0 Å². The fourth-order valence-corrected chi connectivity index (χ4v) is 2.45. The first kappa shape index (κ1) is 15.5. The Kier molecular flexibility index (Phi) is 5.19. The second-order valence-corrected chi connectivity index (χ2v) is 5.43. The van der Waals surface area contributed by atoms with E-state index in [1.165, 1.54) is 0 Å². The van der Waals surface area contributed by atoms with Gasteiger partial charge in [-0.2, -0.15) is 0 Å². The summed E-state index contributed by atoms with van der Waals surface area (Å²) in [5.41, 5.74) is 1.09. The number of benzene rings is 2. The van der Waals surface area contributed by atoms with E-state index in [0.717, 1.165) is 22.1 Å². The van der Waals surface area contributed by atoms with Crippen LogP contribution in [0.1, 0.15) is 5.56 Å². The van der Waals surface area contributed by atoms with E-state index >= 15 is 0 Å². The van der Waals surface area contributed by atoms with Crippen molar-refractivity contribution in [2.24, 2.45) is 0 Å². The molecule has 0 aliphatic rings. The van der Waals surface area contributed by atoms with Crippen molar-refractivity contribution in [3.63, 3.8) is 0 Å². The maximum atomic E-state index is 10.1. The van der Waals surface area contributed by atoms with Gasteiger partial charge >= 0.3 is 0 Å². The van der Waals surface area contributed by atoms with Crippen LogP contribution in [0.4, 0.5) is 0 Å². The molecule has 1 heterocycles. The fourth-order valence-electron chi connectivity index (χ4n) is 2.45. The number of aliphatic hydroxyl groups is 1. The average Bonchev–Trinajstić information content (AvgIpc) is 2.61. The number of aromatic nitrogens is 1. The Labute approximate surface area is 135 Å². The summed E-state index contributed by atoms with van der Waals surface area (Å²) in [5, 5.41) is 15.5. The first-order valence-corrected chi connectivity index (χ1v) is 7.71. The summed E-state index contributed by atoms with van der Waals surface area (Å²) in [6.45, 7) is 1.41. The average molecular weight is 308 g/mol. The zero-order chi connectivity index (χ0) is 15.9. The lowest BCUT2D eigenvalue weighted by molar-refractivity contribution is 0.107. The molecule has 0 saturated heterocycles. The Morgan fingerprint density at radius 3 is 2.78 bits per heavy atom. The lowest BCUT2D eigenvalue weighted by atomic mass is 10.1. The molecule has 4 nitrogen and oxygen atoms in total. The smallest absolute Gasteiger partial charge is 0.127 e. The number of aliphatic hydroxyl groups excluding tert-OH is 1. The third-order valence-electron chi connectivity index (χ3n) is 3.61. The second-order valence-electron chi connectivity index (χ2n) is 5.43. The molecule has 23 heavy (non-hydrogen) atoms. The van der Waals surface area contributed by atoms with Gasteiger partial charge in [0.1, 0.15) is 18.5 Å². The summed E-state index contributed by atoms with van der Waals surface area (Å²) in [6, 6.07) is 17.9. The molecule has 2 aromatic carbocycles. The molecular weight excluding hydrogens is 288 g/mol. The van der Waals surface area contributed by atoms with Gasteiger partial charge in [0.25, 0.3) is 0 Å². The van der Waals surface area contributed by atoms with Gasteiger partial charge in [-0.15, -0.1) is 0 Å². The van der Waals surface area contributed by atoms with Crippen LogP contribution in [0.5, 0.6) is 5.75 Å². The quantitative estimate of drug-likeness (QED) is 0.705. The van der Waals surface area contributed by atoms with Gasteiger partial charge in [0.05, 0.1) is 0 Å². The molecule has 0 saturated carbocycles. The fraction of sp³-hybridized carbons (Fsp3) is 0.211. The largest absolute Gasteiger partial charge is 0.490 e. The number of nitrogens with zero attached hydrogens (tertiary/aromatic N) is 1. The van der Waals surface area contributed by atoms with Gasteiger partial charge < -0.3 is 15.2 Å². The molecule has 0 unspecified atom stereocenters. The molecule has 3 aromatic rings. The second kappa shape index (κ2) is 7.72. The van der Waals surface area contributed by atoms with Crippen molar-refractivity contribution in [2.75, 3.05) is 13.2 Å². The third-order valence-corrected chi connectivity index (χ3v) is 3.61. The maximum absolute atomic E-state index is 10.1. The maximum Gasteiger partial charge on any atom is 0.127 e. The molecule has 0 aliphatic carbocycles. The van der Waals surface area contributed by atoms with E-state index in [2.05, 4.69) is 10.3 Å². The van der Waals surface area contributed by atoms with Gasteiger partial charge in [0.15, 0.2) is 0 Å². The van der Waals surface area contributed by atoms with Crippen LogP contribution in [0.15, 0.2) is 67.0 Å². The highest BCUT2D eigenvalue weighted by molar-refractivity contribution is 5.88. The zero-order valence-electron chi connectivity index (χ0n) is 12.9. The molecule has 118 valence electrons. The lowest BCUT2D eigenvalue weighted by Gasteiger charge is -2.14. The summed E-state index contributed by atoms with van der Waals surface area (Å²) in [6.07, 6.45) is 2.99. The first-order chi connectivity index (χ1) is 11.3. The topological polar surface area (TPSA) is 54.4 Å². The Balaban J connectivity index is 1.49. The number of ether oxygens (including phenoxy) is 1. The Bertz CT molecular complexity index is 741. The van der Waals surface area contributed by atoms with Gasteiger partial charge in [0.2, 0.25) is 0 Å². The molecule has 3 rings (SSSR count). The Hall–Kier alpha value is -2.43. The van der Waals surface area contributed by atoms with E-state index in [-0.39, 0.29) is 6.61 Å². The molecule has 0 amide bonds. The van der Waals surface area contributed by atoms with Crippen molar-refractivity contribution in [1.82, 2.24) is 10.3 Å². The van der Waals surface area contributed by atoms with E-state index in [9.17, 15) is 5.11 Å². The number of nitrogens with one attached hydrogen (secondary N) is 1. The van der Waals surface area contributed by atoms with Gasteiger partial charge in [-0.1, -0.05) is 42.5 Å². The van der Waals surface area contributed by atoms with Gasteiger partial charge in [-0.25, -0.2) is 0 Å². The zero-order valence-corrected chi connectivity index (χ0v) is 12.9. The van der Waals surface area contributed by atoms with Crippen LogP contribution in [0, 0.1) is 0 Å². The van der Waals surface area contributed by atoms with Crippen molar-refractivity contribution >= 4 is 10.8 Å². The summed E-state index contributed by atoms with van der Waals surface area (Å²) in [4.78, 5) is 4.06. The van der Waals surface area contributed by atoms with E-state index in [4.69, 9.17) is 4.74 Å². The monoisotopic (exact) mass is 308 g/mol. The van der Waals surface area contributed by atoms with Crippen LogP contribution in [-0.4, -0.2) is 29.3 Å². The van der Waals surface area contributed by atoms with Crippen molar-refractivity contribution in [3.8, 4) is 5.75 Å². The SMILES string of the molecule is O[C@@H](CNCc1cccnc1)COc1cccc2ccccc12. The Morgan fingerprint density at radius 2 is 1.91 bits per heavy atom. The first-order valence-electron chi connectivity index (χ1n) is 7.71. The highest BCUT2D eigenvalue weighted by Gasteiger charge is 2.07. The van der Waals surface area contributed by atoms with Crippen LogP contribution in [-0.2, 0) is 6.54 Å². The van der Waals surface area contributed by atoms with Crippen LogP contribution >= 0.6 is 0 Å². The minimum atomic E-state index is -0.564. The molecule has 0 spiro atoms. The minimum absolute atomic E-state index is 0.258. The van der Waals surface area contributed by atoms with Crippen molar-refractivity contribution < 1.29 is 9.84 Å². The molecule has 2 N–H and O–H groups in total. The van der Waals surface area contributed by atoms with Gasteiger partial charge in [-0.3, -0.25) is 4.98 Å². The standard InChI is InChI=1S/C19H20N2O2/c22-17(13-21-12-15-5-4-10-20-11-15)14-23-19-9-3-7-16-6-1-2-8-18(16)19/h1-11,17,21-22H,12-14H2/t17-/m0/s1. The molecule has 0 fully saturated rings. The molecule has 1 atom stereocenters. The molecule has 0 aliphatic heterocycles. The van der Waals surface area contributed by atoms with Crippen molar-refractivity contribution in [1.29, 1.82) is 0 Å². The van der Waals surface area contributed by atoms with Gasteiger partial charge in [-0.05, 0) is 23.1 Å². The van der Waals surface area contributed by atoms with Crippen molar-refractivity contribution in [2.45, 2.75) is 12.6 Å². The van der Waals surface area contributed by atoms with E-state index in [0.29, 0.717) is 13.1 Å². The summed E-state index contributed by atoms with van der Waals surface area (Å²) in [5.74, 6) is 0.800. The van der Waals surface area contributed by atoms with E-state index < -0.39 is 6.10 Å². The molecule has 0 bridgehead atoms. The lowest BCUT2D eigenvalue weighted by Crippen LogP contribution is -2.31. The van der Waals surface area contributed by atoms with Crippen LogP contribution in [0.2, 0.25) is 0 Å².